The molecule has 1 N–H and O–H groups in total. The van der Waals surface area contributed by atoms with Crippen LogP contribution in [0, 0.1) is 0 Å². The standard InChI is InChI=1S/C24H27NO2/c1-23(2)8-9-24(3,4)20-12-17-10-15(6-7-16(17)11-19(20)23)18-13-21(25-14-18)22(26)27-5/h6-7,10-14,25H,8-9H2,1-5H3. The molecule has 2 aromatic carbocycles. The van der Waals surface area contributed by atoms with E-state index in [2.05, 4.69) is 63.0 Å². The lowest BCUT2D eigenvalue weighted by atomic mass is 9.63. The van der Waals surface area contributed by atoms with Crippen molar-refractivity contribution < 1.29 is 9.53 Å². The van der Waals surface area contributed by atoms with Gasteiger partial charge in [0.1, 0.15) is 5.69 Å². The number of carbonyl (C=O) groups excluding carboxylic acids is 1. The van der Waals surface area contributed by atoms with E-state index in [1.165, 1.54) is 41.9 Å². The Morgan fingerprint density at radius 1 is 0.889 bits per heavy atom. The van der Waals surface area contributed by atoms with E-state index in [1.807, 2.05) is 12.3 Å². The van der Waals surface area contributed by atoms with Crippen LogP contribution in [-0.4, -0.2) is 18.1 Å². The maximum Gasteiger partial charge on any atom is 0.354 e. The molecule has 3 heteroatoms. The Bertz CT molecular complexity index is 1040. The smallest absolute Gasteiger partial charge is 0.354 e. The third-order valence-corrected chi connectivity index (χ3v) is 6.23. The molecule has 0 spiro atoms. The van der Waals surface area contributed by atoms with Crippen molar-refractivity contribution in [3.05, 3.63) is 59.4 Å². The summed E-state index contributed by atoms with van der Waals surface area (Å²) in [5.74, 6) is -0.347. The number of hydrogen-bond acceptors (Lipinski definition) is 2. The quantitative estimate of drug-likeness (QED) is 0.571. The lowest BCUT2D eigenvalue weighted by Gasteiger charge is -2.42. The lowest BCUT2D eigenvalue weighted by Crippen LogP contribution is -2.33. The second-order valence-corrected chi connectivity index (χ2v) is 9.02. The molecule has 0 radical (unpaired) electrons. The van der Waals surface area contributed by atoms with E-state index in [1.54, 1.807) is 0 Å². The summed E-state index contributed by atoms with van der Waals surface area (Å²) < 4.78 is 4.79. The zero-order valence-corrected chi connectivity index (χ0v) is 16.8. The van der Waals surface area contributed by atoms with Gasteiger partial charge in [0.05, 0.1) is 7.11 Å². The van der Waals surface area contributed by atoms with Gasteiger partial charge in [-0.05, 0) is 63.3 Å². The van der Waals surface area contributed by atoms with Crippen molar-refractivity contribution >= 4 is 16.7 Å². The van der Waals surface area contributed by atoms with Gasteiger partial charge in [0.15, 0.2) is 0 Å². The molecule has 3 nitrogen and oxygen atoms in total. The summed E-state index contributed by atoms with van der Waals surface area (Å²) in [6, 6.07) is 13.1. The van der Waals surface area contributed by atoms with Crippen LogP contribution in [0.1, 0.15) is 62.2 Å². The van der Waals surface area contributed by atoms with Crippen molar-refractivity contribution in [1.82, 2.24) is 4.98 Å². The van der Waals surface area contributed by atoms with Crippen molar-refractivity contribution in [3.8, 4) is 11.1 Å². The third kappa shape index (κ3) is 2.95. The molecule has 27 heavy (non-hydrogen) atoms. The predicted molar refractivity (Wildman–Crippen MR) is 110 cm³/mol. The summed E-state index contributed by atoms with van der Waals surface area (Å²) in [6.45, 7) is 9.42. The van der Waals surface area contributed by atoms with Gasteiger partial charge < -0.3 is 9.72 Å². The SMILES string of the molecule is COC(=O)c1cc(-c2ccc3cc4c(cc3c2)C(C)(C)CCC4(C)C)c[nH]1. The van der Waals surface area contributed by atoms with Crippen LogP contribution in [0.3, 0.4) is 0 Å². The zero-order valence-electron chi connectivity index (χ0n) is 16.8. The number of methoxy groups -OCH3 is 1. The molecule has 0 aliphatic heterocycles. The fourth-order valence-electron chi connectivity index (χ4n) is 4.28. The molecule has 0 atom stereocenters. The number of ether oxygens (including phenoxy) is 1. The van der Waals surface area contributed by atoms with Gasteiger partial charge in [0.2, 0.25) is 0 Å². The number of esters is 1. The first kappa shape index (κ1) is 17.8. The Balaban J connectivity index is 1.84. The predicted octanol–water partition coefficient (Wildman–Crippen LogP) is 5.97. The number of H-pyrrole nitrogens is 1. The average Bonchev–Trinajstić information content (AvgIpc) is 3.14. The highest BCUT2D eigenvalue weighted by Gasteiger charge is 2.37. The number of carbonyl (C=O) groups is 1. The molecular weight excluding hydrogens is 334 g/mol. The Kier molecular flexibility index (Phi) is 3.95. The largest absolute Gasteiger partial charge is 0.464 e. The molecular formula is C24H27NO2. The van der Waals surface area contributed by atoms with E-state index in [0.29, 0.717) is 5.69 Å². The van der Waals surface area contributed by atoms with E-state index < -0.39 is 0 Å². The van der Waals surface area contributed by atoms with Gasteiger partial charge in [-0.15, -0.1) is 0 Å². The number of fused-ring (bicyclic) bond motifs is 2. The molecule has 0 amide bonds. The minimum atomic E-state index is -0.347. The van der Waals surface area contributed by atoms with Crippen molar-refractivity contribution in [3.63, 3.8) is 0 Å². The van der Waals surface area contributed by atoms with Gasteiger partial charge in [-0.25, -0.2) is 4.79 Å². The summed E-state index contributed by atoms with van der Waals surface area (Å²) in [5, 5.41) is 2.52. The summed E-state index contributed by atoms with van der Waals surface area (Å²) in [4.78, 5) is 14.7. The molecule has 0 fully saturated rings. The normalized spacial score (nSPS) is 17.5. The zero-order chi connectivity index (χ0) is 19.4. The summed E-state index contributed by atoms with van der Waals surface area (Å²) >= 11 is 0. The van der Waals surface area contributed by atoms with Crippen LogP contribution in [-0.2, 0) is 15.6 Å². The maximum absolute atomic E-state index is 11.7. The van der Waals surface area contributed by atoms with Crippen molar-refractivity contribution in [2.24, 2.45) is 0 Å². The minimum absolute atomic E-state index is 0.196. The van der Waals surface area contributed by atoms with Crippen molar-refractivity contribution in [2.75, 3.05) is 7.11 Å². The van der Waals surface area contributed by atoms with Crippen LogP contribution in [0.2, 0.25) is 0 Å². The molecule has 1 aliphatic carbocycles. The summed E-state index contributed by atoms with van der Waals surface area (Å²) in [6.07, 6.45) is 4.29. The Hall–Kier alpha value is -2.55. The number of benzene rings is 2. The maximum atomic E-state index is 11.7. The average molecular weight is 361 g/mol. The van der Waals surface area contributed by atoms with Gasteiger partial charge in [-0.3, -0.25) is 0 Å². The van der Waals surface area contributed by atoms with Gasteiger partial charge >= 0.3 is 5.97 Å². The first-order chi connectivity index (χ1) is 12.7. The monoisotopic (exact) mass is 361 g/mol. The van der Waals surface area contributed by atoms with E-state index in [0.717, 1.165) is 11.1 Å². The van der Waals surface area contributed by atoms with E-state index in [4.69, 9.17) is 4.74 Å². The third-order valence-electron chi connectivity index (χ3n) is 6.23. The van der Waals surface area contributed by atoms with Gasteiger partial charge in [0, 0.05) is 11.8 Å². The van der Waals surface area contributed by atoms with Crippen LogP contribution >= 0.6 is 0 Å². The minimum Gasteiger partial charge on any atom is -0.464 e. The van der Waals surface area contributed by atoms with Crippen LogP contribution in [0.15, 0.2) is 42.6 Å². The Labute approximate surface area is 160 Å². The lowest BCUT2D eigenvalue weighted by molar-refractivity contribution is 0.0595. The number of nitrogens with one attached hydrogen (secondary N) is 1. The fraction of sp³-hybridized carbons (Fsp3) is 0.375. The molecule has 0 bridgehead atoms. The first-order valence-electron chi connectivity index (χ1n) is 9.57. The van der Waals surface area contributed by atoms with Crippen molar-refractivity contribution in [2.45, 2.75) is 51.4 Å². The van der Waals surface area contributed by atoms with Gasteiger partial charge in [-0.1, -0.05) is 52.0 Å². The topological polar surface area (TPSA) is 42.1 Å². The molecule has 140 valence electrons. The first-order valence-corrected chi connectivity index (χ1v) is 9.57. The molecule has 0 saturated heterocycles. The molecule has 3 aromatic rings. The molecule has 4 rings (SSSR count). The second-order valence-electron chi connectivity index (χ2n) is 9.02. The van der Waals surface area contributed by atoms with Crippen LogP contribution in [0.25, 0.3) is 21.9 Å². The van der Waals surface area contributed by atoms with E-state index in [9.17, 15) is 4.79 Å². The van der Waals surface area contributed by atoms with Crippen LogP contribution in [0.4, 0.5) is 0 Å². The number of aromatic nitrogens is 1. The summed E-state index contributed by atoms with van der Waals surface area (Å²) in [7, 11) is 1.39. The van der Waals surface area contributed by atoms with Gasteiger partial charge in [0.25, 0.3) is 0 Å². The summed E-state index contributed by atoms with van der Waals surface area (Å²) in [5.41, 5.74) is 5.92. The Morgan fingerprint density at radius 3 is 2.15 bits per heavy atom. The van der Waals surface area contributed by atoms with E-state index in [-0.39, 0.29) is 16.8 Å². The Morgan fingerprint density at radius 2 is 1.52 bits per heavy atom. The number of hydrogen-bond donors (Lipinski definition) is 1. The van der Waals surface area contributed by atoms with Crippen molar-refractivity contribution in [1.29, 1.82) is 0 Å². The molecule has 0 saturated carbocycles. The fourth-order valence-corrected chi connectivity index (χ4v) is 4.28. The highest BCUT2D eigenvalue weighted by molar-refractivity contribution is 5.92. The molecule has 0 unspecified atom stereocenters. The number of aromatic amines is 1. The number of rotatable bonds is 2. The van der Waals surface area contributed by atoms with Crippen LogP contribution < -0.4 is 0 Å². The molecule has 1 aromatic heterocycles. The highest BCUT2D eigenvalue weighted by atomic mass is 16.5. The second kappa shape index (κ2) is 5.98. The van der Waals surface area contributed by atoms with Gasteiger partial charge in [-0.2, -0.15) is 0 Å². The molecule has 1 aliphatic rings. The highest BCUT2D eigenvalue weighted by Crippen LogP contribution is 2.47. The van der Waals surface area contributed by atoms with Crippen LogP contribution in [0.5, 0.6) is 0 Å². The molecule has 1 heterocycles. The van der Waals surface area contributed by atoms with E-state index >= 15 is 0 Å².